The number of nitrogens with zero attached hydrogens (tertiary/aromatic N) is 1. The topological polar surface area (TPSA) is 24.4 Å². The van der Waals surface area contributed by atoms with E-state index in [0.29, 0.717) is 0 Å². The van der Waals surface area contributed by atoms with Crippen molar-refractivity contribution in [3.63, 3.8) is 0 Å². The summed E-state index contributed by atoms with van der Waals surface area (Å²) in [5.74, 6) is 2.01. The normalized spacial score (nSPS) is 16.4. The summed E-state index contributed by atoms with van der Waals surface area (Å²) < 4.78 is 0. The van der Waals surface area contributed by atoms with E-state index in [1.165, 1.54) is 19.3 Å². The van der Waals surface area contributed by atoms with E-state index in [2.05, 4.69) is 24.2 Å². The number of unbranched alkanes of at least 4 members (excludes halogenated alkanes) is 1. The van der Waals surface area contributed by atoms with Crippen LogP contribution in [-0.2, 0) is 0 Å². The molecule has 0 amide bonds. The molecule has 1 heterocycles. The molecule has 0 radical (unpaired) electrons. The van der Waals surface area contributed by atoms with E-state index in [-0.39, 0.29) is 0 Å². The fourth-order valence-electron chi connectivity index (χ4n) is 1.31. The van der Waals surface area contributed by atoms with Crippen molar-refractivity contribution in [3.8, 4) is 0 Å². The second-order valence-electron chi connectivity index (χ2n) is 3.85. The molecule has 1 aliphatic rings. The van der Waals surface area contributed by atoms with Gasteiger partial charge in [-0.25, -0.2) is 0 Å². The summed E-state index contributed by atoms with van der Waals surface area (Å²) in [6.45, 7) is 6.66. The monoisotopic (exact) mass is 200 g/mol. The van der Waals surface area contributed by atoms with Crippen LogP contribution < -0.4 is 5.32 Å². The zero-order chi connectivity index (χ0) is 9.52. The van der Waals surface area contributed by atoms with Gasteiger partial charge >= 0.3 is 0 Å². The van der Waals surface area contributed by atoms with Crippen molar-refractivity contribution in [2.45, 2.75) is 33.1 Å². The molecule has 0 saturated heterocycles. The molecule has 0 spiro atoms. The average Bonchev–Trinajstić information content (AvgIpc) is 2.55. The molecule has 0 fully saturated rings. The predicted octanol–water partition coefficient (Wildman–Crippen LogP) is 2.51. The number of thioether (sulfide) groups is 1. The zero-order valence-corrected chi connectivity index (χ0v) is 9.49. The molecule has 3 heteroatoms. The Morgan fingerprint density at radius 1 is 1.46 bits per heavy atom. The molecular formula is C10H20N2S. The van der Waals surface area contributed by atoms with Crippen LogP contribution in [0.3, 0.4) is 0 Å². The summed E-state index contributed by atoms with van der Waals surface area (Å²) in [5.41, 5.74) is 0. The first kappa shape index (κ1) is 10.9. The molecule has 0 atom stereocenters. The summed E-state index contributed by atoms with van der Waals surface area (Å²) in [5, 5.41) is 4.53. The molecule has 1 N–H and O–H groups in total. The number of hydrogen-bond donors (Lipinski definition) is 1. The van der Waals surface area contributed by atoms with E-state index in [1.54, 1.807) is 0 Å². The minimum absolute atomic E-state index is 0.846. The molecule has 1 aliphatic heterocycles. The lowest BCUT2D eigenvalue weighted by Gasteiger charge is -2.06. The van der Waals surface area contributed by atoms with E-state index in [9.17, 15) is 0 Å². The maximum absolute atomic E-state index is 4.34. The molecule has 1 rings (SSSR count). The van der Waals surface area contributed by atoms with Crippen molar-refractivity contribution in [2.75, 3.05) is 18.8 Å². The summed E-state index contributed by atoms with van der Waals surface area (Å²) in [6.07, 6.45) is 3.96. The summed E-state index contributed by atoms with van der Waals surface area (Å²) in [7, 11) is 0. The Kier molecular flexibility index (Phi) is 5.28. The van der Waals surface area contributed by atoms with Crippen LogP contribution in [-0.4, -0.2) is 24.0 Å². The smallest absolute Gasteiger partial charge is 0.156 e. The third kappa shape index (κ3) is 5.19. The Morgan fingerprint density at radius 3 is 2.92 bits per heavy atom. The van der Waals surface area contributed by atoms with Crippen molar-refractivity contribution in [1.82, 2.24) is 5.32 Å². The molecule has 13 heavy (non-hydrogen) atoms. The van der Waals surface area contributed by atoms with Crippen LogP contribution in [0, 0.1) is 5.92 Å². The molecule has 0 aromatic heterocycles. The minimum Gasteiger partial charge on any atom is -0.365 e. The van der Waals surface area contributed by atoms with Crippen LogP contribution in [0.5, 0.6) is 0 Å². The maximum atomic E-state index is 4.34. The van der Waals surface area contributed by atoms with Gasteiger partial charge in [0.25, 0.3) is 0 Å². The Labute approximate surface area is 85.6 Å². The van der Waals surface area contributed by atoms with Gasteiger partial charge in [0.05, 0.1) is 6.54 Å². The number of rotatable bonds is 5. The van der Waals surface area contributed by atoms with E-state index in [4.69, 9.17) is 0 Å². The first-order valence-electron chi connectivity index (χ1n) is 5.20. The van der Waals surface area contributed by atoms with Gasteiger partial charge in [-0.15, -0.1) is 0 Å². The Balaban J connectivity index is 1.89. The molecule has 0 saturated carbocycles. The van der Waals surface area contributed by atoms with Gasteiger partial charge in [0.2, 0.25) is 0 Å². The molecule has 0 bridgehead atoms. The summed E-state index contributed by atoms with van der Waals surface area (Å²) in [4.78, 5) is 4.34. The lowest BCUT2D eigenvalue weighted by Crippen LogP contribution is -2.20. The van der Waals surface area contributed by atoms with Crippen molar-refractivity contribution < 1.29 is 0 Å². The summed E-state index contributed by atoms with van der Waals surface area (Å²) in [6, 6.07) is 0. The first-order valence-corrected chi connectivity index (χ1v) is 6.18. The highest BCUT2D eigenvalue weighted by Crippen LogP contribution is 2.09. The first-order chi connectivity index (χ1) is 6.29. The second-order valence-corrected chi connectivity index (χ2v) is 4.94. The van der Waals surface area contributed by atoms with Crippen molar-refractivity contribution in [1.29, 1.82) is 0 Å². The van der Waals surface area contributed by atoms with E-state index >= 15 is 0 Å². The second kappa shape index (κ2) is 6.30. The highest BCUT2D eigenvalue weighted by Gasteiger charge is 2.04. The van der Waals surface area contributed by atoms with Crippen molar-refractivity contribution in [3.05, 3.63) is 0 Å². The maximum Gasteiger partial charge on any atom is 0.156 e. The van der Waals surface area contributed by atoms with E-state index in [0.717, 1.165) is 29.9 Å². The van der Waals surface area contributed by atoms with Gasteiger partial charge in [-0.3, -0.25) is 4.99 Å². The molecule has 76 valence electrons. The molecule has 0 aromatic rings. The van der Waals surface area contributed by atoms with Gasteiger partial charge < -0.3 is 5.32 Å². The lowest BCUT2D eigenvalue weighted by atomic mass is 10.1. The Bertz CT molecular complexity index is 166. The van der Waals surface area contributed by atoms with Crippen LogP contribution in [0.15, 0.2) is 4.99 Å². The van der Waals surface area contributed by atoms with Gasteiger partial charge in [0, 0.05) is 12.3 Å². The van der Waals surface area contributed by atoms with E-state index < -0.39 is 0 Å². The fraction of sp³-hybridized carbons (Fsp3) is 0.900. The van der Waals surface area contributed by atoms with Gasteiger partial charge in [-0.1, -0.05) is 38.5 Å². The van der Waals surface area contributed by atoms with Crippen LogP contribution in [0.4, 0.5) is 0 Å². The highest BCUT2D eigenvalue weighted by molar-refractivity contribution is 8.14. The summed E-state index contributed by atoms with van der Waals surface area (Å²) >= 11 is 1.85. The highest BCUT2D eigenvalue weighted by atomic mass is 32.2. The fourth-order valence-corrected chi connectivity index (χ4v) is 2.08. The quantitative estimate of drug-likeness (QED) is 0.690. The van der Waals surface area contributed by atoms with Crippen LogP contribution in [0.25, 0.3) is 0 Å². The SMILES string of the molecule is CC(C)CCCCNC1=NCCS1. The number of amidine groups is 1. The standard InChI is InChI=1S/C10H20N2S/c1-9(2)5-3-4-6-11-10-12-7-8-13-10/h9H,3-8H2,1-2H3,(H,11,12). The Morgan fingerprint density at radius 2 is 2.31 bits per heavy atom. The Hall–Kier alpha value is -0.180. The average molecular weight is 200 g/mol. The minimum atomic E-state index is 0.846. The largest absolute Gasteiger partial charge is 0.365 e. The molecular weight excluding hydrogens is 180 g/mol. The van der Waals surface area contributed by atoms with Crippen LogP contribution in [0.2, 0.25) is 0 Å². The van der Waals surface area contributed by atoms with Gasteiger partial charge in [-0.2, -0.15) is 0 Å². The number of aliphatic imine (C=N–C) groups is 1. The van der Waals surface area contributed by atoms with E-state index in [1.807, 2.05) is 11.8 Å². The molecule has 0 unspecified atom stereocenters. The number of hydrogen-bond acceptors (Lipinski definition) is 3. The molecule has 0 aliphatic carbocycles. The lowest BCUT2D eigenvalue weighted by molar-refractivity contribution is 0.536. The zero-order valence-electron chi connectivity index (χ0n) is 8.68. The third-order valence-electron chi connectivity index (χ3n) is 2.07. The van der Waals surface area contributed by atoms with Gasteiger partial charge in [-0.05, 0) is 12.3 Å². The van der Waals surface area contributed by atoms with Crippen LogP contribution in [0.1, 0.15) is 33.1 Å². The predicted molar refractivity (Wildman–Crippen MR) is 61.5 cm³/mol. The molecule has 0 aromatic carbocycles. The molecule has 2 nitrogen and oxygen atoms in total. The number of nitrogens with one attached hydrogen (secondary N) is 1. The van der Waals surface area contributed by atoms with Gasteiger partial charge in [0.1, 0.15) is 0 Å². The van der Waals surface area contributed by atoms with Gasteiger partial charge in [0.15, 0.2) is 5.17 Å². The van der Waals surface area contributed by atoms with Crippen molar-refractivity contribution in [2.24, 2.45) is 10.9 Å². The van der Waals surface area contributed by atoms with Crippen LogP contribution >= 0.6 is 11.8 Å². The van der Waals surface area contributed by atoms with Crippen molar-refractivity contribution >= 4 is 16.9 Å². The third-order valence-corrected chi connectivity index (χ3v) is 3.00.